The van der Waals surface area contributed by atoms with Crippen LogP contribution in [-0.2, 0) is 0 Å². The molecule has 0 heterocycles. The predicted octanol–water partition coefficient (Wildman–Crippen LogP) is 3.03. The normalized spacial score (nSPS) is 21.3. The van der Waals surface area contributed by atoms with Crippen molar-refractivity contribution in [2.24, 2.45) is 5.73 Å². The minimum Gasteiger partial charge on any atom is -0.327 e. The molecular weight excluding hydrogens is 189 g/mol. The van der Waals surface area contributed by atoms with Gasteiger partial charge in [-0.15, -0.1) is 0 Å². The monoisotopic (exact) mass is 205 g/mol. The predicted molar refractivity (Wildman–Crippen MR) is 60.9 cm³/mol. The van der Waals surface area contributed by atoms with E-state index in [-0.39, 0.29) is 11.9 Å². The lowest BCUT2D eigenvalue weighted by atomic mass is 9.90. The maximum absolute atomic E-state index is 13.2. The zero-order chi connectivity index (χ0) is 10.8. The topological polar surface area (TPSA) is 26.0 Å². The van der Waals surface area contributed by atoms with Gasteiger partial charge in [-0.05, 0) is 55.0 Å². The Morgan fingerprint density at radius 2 is 2.13 bits per heavy atom. The molecule has 1 aliphatic rings. The Bertz CT molecular complexity index is 375. The highest BCUT2D eigenvalue weighted by Crippen LogP contribution is 2.27. The number of nitrogens with two attached hydrogens (primary N) is 1. The molecule has 0 saturated heterocycles. The summed E-state index contributed by atoms with van der Waals surface area (Å²) >= 11 is 0. The summed E-state index contributed by atoms with van der Waals surface area (Å²) in [6, 6.07) is 5.48. The van der Waals surface area contributed by atoms with Gasteiger partial charge in [0, 0.05) is 6.04 Å². The summed E-state index contributed by atoms with van der Waals surface area (Å²) in [5.41, 5.74) is 9.04. The lowest BCUT2D eigenvalue weighted by Gasteiger charge is -2.18. The van der Waals surface area contributed by atoms with Crippen molar-refractivity contribution in [1.82, 2.24) is 0 Å². The van der Waals surface area contributed by atoms with E-state index in [1.165, 1.54) is 5.57 Å². The Labute approximate surface area is 89.8 Å². The summed E-state index contributed by atoms with van der Waals surface area (Å²) in [6.07, 6.45) is 5.01. The van der Waals surface area contributed by atoms with E-state index in [0.717, 1.165) is 30.4 Å². The number of hydrogen-bond acceptors (Lipinski definition) is 1. The second-order valence-electron chi connectivity index (χ2n) is 4.28. The third-order valence-electron chi connectivity index (χ3n) is 2.86. The number of hydrogen-bond donors (Lipinski definition) is 1. The van der Waals surface area contributed by atoms with Gasteiger partial charge in [0.25, 0.3) is 0 Å². The van der Waals surface area contributed by atoms with E-state index in [2.05, 4.69) is 6.08 Å². The lowest BCUT2D eigenvalue weighted by Crippen LogP contribution is -2.21. The first-order chi connectivity index (χ1) is 7.15. The fourth-order valence-electron chi connectivity index (χ4n) is 2.04. The quantitative estimate of drug-likeness (QED) is 0.749. The maximum atomic E-state index is 13.2. The van der Waals surface area contributed by atoms with Crippen LogP contribution in [0.25, 0.3) is 5.57 Å². The first-order valence-corrected chi connectivity index (χ1v) is 5.37. The van der Waals surface area contributed by atoms with Crippen molar-refractivity contribution in [2.45, 2.75) is 32.2 Å². The molecular formula is C13H16FN. The van der Waals surface area contributed by atoms with Crippen LogP contribution in [0.3, 0.4) is 0 Å². The van der Waals surface area contributed by atoms with Gasteiger partial charge in [0.05, 0.1) is 0 Å². The summed E-state index contributed by atoms with van der Waals surface area (Å²) in [5, 5.41) is 0. The number of aryl methyl sites for hydroxylation is 1. The molecule has 2 heteroatoms. The largest absolute Gasteiger partial charge is 0.327 e. The van der Waals surface area contributed by atoms with Gasteiger partial charge in [0.1, 0.15) is 5.82 Å². The first-order valence-electron chi connectivity index (χ1n) is 5.37. The van der Waals surface area contributed by atoms with Gasteiger partial charge < -0.3 is 5.73 Å². The van der Waals surface area contributed by atoms with Crippen molar-refractivity contribution < 1.29 is 4.39 Å². The van der Waals surface area contributed by atoms with Crippen LogP contribution < -0.4 is 5.73 Å². The van der Waals surface area contributed by atoms with Gasteiger partial charge in [-0.1, -0.05) is 12.1 Å². The van der Waals surface area contributed by atoms with Crippen molar-refractivity contribution in [2.75, 3.05) is 0 Å². The molecule has 0 amide bonds. The third kappa shape index (κ3) is 2.45. The standard InChI is InChI=1S/C13H16FN/c1-9-6-11(8-12(14)7-9)10-2-4-13(15)5-3-10/h2,6-8,13H,3-5,15H2,1H3. The molecule has 80 valence electrons. The van der Waals surface area contributed by atoms with Crippen LogP contribution in [-0.4, -0.2) is 6.04 Å². The highest BCUT2D eigenvalue weighted by molar-refractivity contribution is 5.67. The molecule has 1 nitrogen and oxygen atoms in total. The molecule has 0 aromatic heterocycles. The molecule has 0 fully saturated rings. The van der Waals surface area contributed by atoms with Gasteiger partial charge in [-0.25, -0.2) is 4.39 Å². The van der Waals surface area contributed by atoms with E-state index in [1.54, 1.807) is 12.1 Å². The molecule has 2 rings (SSSR count). The van der Waals surface area contributed by atoms with Crippen molar-refractivity contribution in [1.29, 1.82) is 0 Å². The molecule has 1 atom stereocenters. The van der Waals surface area contributed by atoms with Gasteiger partial charge in [-0.3, -0.25) is 0 Å². The summed E-state index contributed by atoms with van der Waals surface area (Å²) in [6.45, 7) is 1.92. The Morgan fingerprint density at radius 1 is 1.33 bits per heavy atom. The second-order valence-corrected chi connectivity index (χ2v) is 4.28. The SMILES string of the molecule is Cc1cc(F)cc(C2=CCC(N)CC2)c1. The zero-order valence-corrected chi connectivity index (χ0v) is 8.96. The molecule has 0 saturated carbocycles. The zero-order valence-electron chi connectivity index (χ0n) is 8.96. The van der Waals surface area contributed by atoms with Crippen LogP contribution in [0.4, 0.5) is 4.39 Å². The maximum Gasteiger partial charge on any atom is 0.124 e. The molecule has 0 aliphatic heterocycles. The Hall–Kier alpha value is -1.15. The molecule has 1 aromatic rings. The Balaban J connectivity index is 2.29. The average molecular weight is 205 g/mol. The molecule has 0 bridgehead atoms. The fraction of sp³-hybridized carbons (Fsp3) is 0.385. The smallest absolute Gasteiger partial charge is 0.124 e. The van der Waals surface area contributed by atoms with E-state index in [9.17, 15) is 4.39 Å². The van der Waals surface area contributed by atoms with Crippen LogP contribution in [0.15, 0.2) is 24.3 Å². The highest BCUT2D eigenvalue weighted by atomic mass is 19.1. The minimum atomic E-state index is -0.152. The van der Waals surface area contributed by atoms with E-state index in [0.29, 0.717) is 0 Å². The molecule has 0 radical (unpaired) electrons. The fourth-order valence-corrected chi connectivity index (χ4v) is 2.04. The molecule has 1 aromatic carbocycles. The van der Waals surface area contributed by atoms with E-state index < -0.39 is 0 Å². The highest BCUT2D eigenvalue weighted by Gasteiger charge is 2.12. The summed E-state index contributed by atoms with van der Waals surface area (Å²) < 4.78 is 13.2. The van der Waals surface area contributed by atoms with Gasteiger partial charge in [-0.2, -0.15) is 0 Å². The van der Waals surface area contributed by atoms with Gasteiger partial charge in [0.15, 0.2) is 0 Å². The summed E-state index contributed by atoms with van der Waals surface area (Å²) in [4.78, 5) is 0. The number of rotatable bonds is 1. The van der Waals surface area contributed by atoms with Crippen LogP contribution >= 0.6 is 0 Å². The van der Waals surface area contributed by atoms with E-state index in [1.807, 2.05) is 13.0 Å². The summed E-state index contributed by atoms with van der Waals surface area (Å²) in [7, 11) is 0. The molecule has 1 aliphatic carbocycles. The first kappa shape index (κ1) is 10.4. The Morgan fingerprint density at radius 3 is 2.73 bits per heavy atom. The number of halogens is 1. The van der Waals surface area contributed by atoms with Gasteiger partial charge >= 0.3 is 0 Å². The molecule has 0 spiro atoms. The third-order valence-corrected chi connectivity index (χ3v) is 2.86. The molecule has 2 N–H and O–H groups in total. The second kappa shape index (κ2) is 4.15. The lowest BCUT2D eigenvalue weighted by molar-refractivity contribution is 0.612. The van der Waals surface area contributed by atoms with Crippen LogP contribution in [0.1, 0.15) is 30.4 Å². The van der Waals surface area contributed by atoms with Crippen LogP contribution in [0.2, 0.25) is 0 Å². The molecule has 15 heavy (non-hydrogen) atoms. The summed E-state index contributed by atoms with van der Waals surface area (Å²) in [5.74, 6) is -0.152. The van der Waals surface area contributed by atoms with Crippen molar-refractivity contribution in [3.05, 3.63) is 41.2 Å². The number of benzene rings is 1. The average Bonchev–Trinajstić information content (AvgIpc) is 2.17. The number of allylic oxidation sites excluding steroid dienone is 1. The van der Waals surface area contributed by atoms with Crippen LogP contribution in [0.5, 0.6) is 0 Å². The van der Waals surface area contributed by atoms with Crippen molar-refractivity contribution >= 4 is 5.57 Å². The Kier molecular flexibility index (Phi) is 2.87. The van der Waals surface area contributed by atoms with E-state index in [4.69, 9.17) is 5.73 Å². The van der Waals surface area contributed by atoms with Crippen molar-refractivity contribution in [3.8, 4) is 0 Å². The van der Waals surface area contributed by atoms with Crippen molar-refractivity contribution in [3.63, 3.8) is 0 Å². The van der Waals surface area contributed by atoms with E-state index >= 15 is 0 Å². The van der Waals surface area contributed by atoms with Gasteiger partial charge in [0.2, 0.25) is 0 Å². The molecule has 1 unspecified atom stereocenters. The van der Waals surface area contributed by atoms with Crippen LogP contribution in [0, 0.1) is 12.7 Å². The minimum absolute atomic E-state index is 0.152.